The first-order valence-electron chi connectivity index (χ1n) is 10.2. The molecule has 2 fully saturated rings. The van der Waals surface area contributed by atoms with E-state index in [9.17, 15) is 19.2 Å². The van der Waals surface area contributed by atoms with Crippen LogP contribution in [0.2, 0.25) is 5.02 Å². The Bertz CT molecular complexity index is 1160. The van der Waals surface area contributed by atoms with Crippen LogP contribution in [-0.4, -0.2) is 62.4 Å². The number of β-lactam (4-membered cyclic amide) rings is 1. The standard InChI is InChI=1S/C22H22ClN3O6S/c1-10(27)9-31-21(30)17-22(3,4)33-20-16(19(29)26(17)20)24-18(28)14-11(2)32-25-15(14)12-7-5-6-8-13(12)23/h5-8,16-17,20H,9H2,1-4H3,(H,24,28)/t16-,17+,20-/m1/s1. The van der Waals surface area contributed by atoms with E-state index in [1.54, 1.807) is 31.2 Å². The van der Waals surface area contributed by atoms with E-state index in [1.807, 2.05) is 13.8 Å². The molecule has 0 radical (unpaired) electrons. The number of esters is 1. The summed E-state index contributed by atoms with van der Waals surface area (Å²) in [5, 5.41) is 6.70. The van der Waals surface area contributed by atoms with Crippen LogP contribution < -0.4 is 5.32 Å². The molecule has 1 aromatic carbocycles. The molecule has 11 heteroatoms. The predicted molar refractivity (Wildman–Crippen MR) is 121 cm³/mol. The molecule has 0 bridgehead atoms. The number of hydrogen-bond donors (Lipinski definition) is 1. The molecule has 2 aliphatic heterocycles. The van der Waals surface area contributed by atoms with Crippen LogP contribution in [0.5, 0.6) is 0 Å². The van der Waals surface area contributed by atoms with Crippen molar-refractivity contribution < 1.29 is 28.4 Å². The first-order valence-corrected chi connectivity index (χ1v) is 11.5. The van der Waals surface area contributed by atoms with Crippen molar-refractivity contribution in [1.29, 1.82) is 0 Å². The van der Waals surface area contributed by atoms with Crippen LogP contribution in [0.4, 0.5) is 0 Å². The van der Waals surface area contributed by atoms with Crippen LogP contribution in [0.3, 0.4) is 0 Å². The van der Waals surface area contributed by atoms with Crippen molar-refractivity contribution in [1.82, 2.24) is 15.4 Å². The number of hydrogen-bond acceptors (Lipinski definition) is 8. The minimum Gasteiger partial charge on any atom is -0.456 e. The molecule has 1 N–H and O–H groups in total. The minimum atomic E-state index is -0.858. The molecule has 174 valence electrons. The first kappa shape index (κ1) is 23.3. The number of aromatic nitrogens is 1. The topological polar surface area (TPSA) is 119 Å². The van der Waals surface area contributed by atoms with Gasteiger partial charge in [0.25, 0.3) is 5.91 Å². The molecule has 1 aromatic heterocycles. The summed E-state index contributed by atoms with van der Waals surface area (Å²) in [6.07, 6.45) is 0. The number of aryl methyl sites for hydroxylation is 1. The maximum absolute atomic E-state index is 13.2. The number of ketones is 1. The molecule has 2 saturated heterocycles. The number of benzene rings is 1. The van der Waals surface area contributed by atoms with Crippen LogP contribution in [-0.2, 0) is 19.1 Å². The smallest absolute Gasteiger partial charge is 0.330 e. The third-order valence-electron chi connectivity index (χ3n) is 5.59. The Balaban J connectivity index is 1.54. The molecule has 4 rings (SSSR count). The molecule has 9 nitrogen and oxygen atoms in total. The van der Waals surface area contributed by atoms with E-state index in [2.05, 4.69) is 10.5 Å². The summed E-state index contributed by atoms with van der Waals surface area (Å²) >= 11 is 7.66. The number of carbonyl (C=O) groups is 4. The number of fused-ring (bicyclic) bond motifs is 1. The van der Waals surface area contributed by atoms with Crippen LogP contribution in [0.15, 0.2) is 28.8 Å². The largest absolute Gasteiger partial charge is 0.456 e. The van der Waals surface area contributed by atoms with Crippen molar-refractivity contribution in [2.24, 2.45) is 0 Å². The fourth-order valence-corrected chi connectivity index (χ4v) is 5.91. The summed E-state index contributed by atoms with van der Waals surface area (Å²) in [5.41, 5.74) is 1.01. The SMILES string of the molecule is CC(=O)COC(=O)[C@@H]1N2C(=O)[C@@H](NC(=O)c3c(-c4ccccc4Cl)noc3C)[C@H]2SC1(C)C. The number of Topliss-reactive ketones (excluding diaryl/α,β-unsaturated/α-hetero) is 1. The average Bonchev–Trinajstić information content (AvgIpc) is 3.25. The zero-order chi connectivity index (χ0) is 24.1. The number of ether oxygens (including phenoxy) is 1. The van der Waals surface area contributed by atoms with Gasteiger partial charge in [-0.1, -0.05) is 35.0 Å². The highest BCUT2D eigenvalue weighted by atomic mass is 35.5. The predicted octanol–water partition coefficient (Wildman–Crippen LogP) is 2.60. The third kappa shape index (κ3) is 4.02. The fourth-order valence-electron chi connectivity index (χ4n) is 4.07. The molecule has 2 amide bonds. The molecular weight excluding hydrogens is 470 g/mol. The third-order valence-corrected chi connectivity index (χ3v) is 7.49. The maximum atomic E-state index is 13.2. The van der Waals surface area contributed by atoms with Gasteiger partial charge in [0.15, 0.2) is 5.78 Å². The number of rotatable bonds is 6. The lowest BCUT2D eigenvalue weighted by atomic mass is 9.95. The Labute approximate surface area is 199 Å². The van der Waals surface area contributed by atoms with Gasteiger partial charge in [-0.2, -0.15) is 0 Å². The zero-order valence-corrected chi connectivity index (χ0v) is 20.0. The van der Waals surface area contributed by atoms with Crippen LogP contribution >= 0.6 is 23.4 Å². The molecule has 3 heterocycles. The van der Waals surface area contributed by atoms with E-state index in [0.29, 0.717) is 10.6 Å². The first-order chi connectivity index (χ1) is 15.5. The van der Waals surface area contributed by atoms with Gasteiger partial charge in [-0.15, -0.1) is 11.8 Å². The number of amides is 2. The van der Waals surface area contributed by atoms with Crippen molar-refractivity contribution in [3.8, 4) is 11.3 Å². The van der Waals surface area contributed by atoms with E-state index in [1.165, 1.54) is 23.6 Å². The molecule has 3 atom stereocenters. The van der Waals surface area contributed by atoms with Gasteiger partial charge in [0.1, 0.15) is 41.1 Å². The average molecular weight is 492 g/mol. The van der Waals surface area contributed by atoms with Gasteiger partial charge in [-0.3, -0.25) is 14.4 Å². The Hall–Kier alpha value is -2.85. The summed E-state index contributed by atoms with van der Waals surface area (Å²) in [6.45, 7) is 6.21. The minimum absolute atomic E-state index is 0.189. The van der Waals surface area contributed by atoms with Gasteiger partial charge in [-0.05, 0) is 33.8 Å². The summed E-state index contributed by atoms with van der Waals surface area (Å²) in [4.78, 5) is 51.3. The van der Waals surface area contributed by atoms with E-state index >= 15 is 0 Å². The van der Waals surface area contributed by atoms with Gasteiger partial charge in [0.2, 0.25) is 5.91 Å². The summed E-state index contributed by atoms with van der Waals surface area (Å²) < 4.78 is 9.65. The van der Waals surface area contributed by atoms with E-state index in [4.69, 9.17) is 20.9 Å². The number of carbonyl (C=O) groups excluding carboxylic acids is 4. The molecular formula is C22H22ClN3O6S. The fraction of sp³-hybridized carbons (Fsp3) is 0.409. The van der Waals surface area contributed by atoms with E-state index in [-0.39, 0.29) is 29.4 Å². The number of nitrogens with zero attached hydrogens (tertiary/aromatic N) is 2. The lowest BCUT2D eigenvalue weighted by molar-refractivity contribution is -0.164. The molecule has 0 aliphatic carbocycles. The lowest BCUT2D eigenvalue weighted by Crippen LogP contribution is -2.70. The second kappa shape index (κ2) is 8.49. The zero-order valence-electron chi connectivity index (χ0n) is 18.4. The van der Waals surface area contributed by atoms with Crippen molar-refractivity contribution in [2.75, 3.05) is 6.61 Å². The van der Waals surface area contributed by atoms with E-state index < -0.39 is 40.0 Å². The summed E-state index contributed by atoms with van der Waals surface area (Å²) in [6, 6.07) is 5.24. The van der Waals surface area contributed by atoms with Gasteiger partial charge < -0.3 is 19.5 Å². The van der Waals surface area contributed by atoms with Crippen LogP contribution in [0.25, 0.3) is 11.3 Å². The monoisotopic (exact) mass is 491 g/mol. The van der Waals surface area contributed by atoms with Crippen LogP contribution in [0.1, 0.15) is 36.9 Å². The Morgan fingerprint density at radius 1 is 1.30 bits per heavy atom. The lowest BCUT2D eigenvalue weighted by Gasteiger charge is -2.43. The van der Waals surface area contributed by atoms with Gasteiger partial charge in [-0.25, -0.2) is 4.79 Å². The van der Waals surface area contributed by atoms with Gasteiger partial charge in [0.05, 0.1) is 5.02 Å². The Morgan fingerprint density at radius 2 is 2.00 bits per heavy atom. The summed E-state index contributed by atoms with van der Waals surface area (Å²) in [7, 11) is 0. The number of thioether (sulfide) groups is 1. The molecule has 2 aliphatic rings. The molecule has 0 unspecified atom stereocenters. The molecule has 2 aromatic rings. The highest BCUT2D eigenvalue weighted by Crippen LogP contribution is 2.51. The van der Waals surface area contributed by atoms with Crippen molar-refractivity contribution >= 4 is 46.9 Å². The normalized spacial score (nSPS) is 23.0. The number of halogens is 1. The van der Waals surface area contributed by atoms with Crippen molar-refractivity contribution in [3.05, 3.63) is 40.6 Å². The van der Waals surface area contributed by atoms with Crippen molar-refractivity contribution in [3.63, 3.8) is 0 Å². The molecule has 0 saturated carbocycles. The number of nitrogens with one attached hydrogen (secondary N) is 1. The Kier molecular flexibility index (Phi) is 6.00. The van der Waals surface area contributed by atoms with Crippen LogP contribution in [0, 0.1) is 6.92 Å². The molecule has 33 heavy (non-hydrogen) atoms. The second-order valence-electron chi connectivity index (χ2n) is 8.46. The molecule has 0 spiro atoms. The van der Waals surface area contributed by atoms with Gasteiger partial charge in [0, 0.05) is 10.3 Å². The summed E-state index contributed by atoms with van der Waals surface area (Å²) in [5.74, 6) is -1.57. The maximum Gasteiger partial charge on any atom is 0.330 e. The van der Waals surface area contributed by atoms with Crippen molar-refractivity contribution in [2.45, 2.75) is 49.9 Å². The second-order valence-corrected chi connectivity index (χ2v) is 10.6. The van der Waals surface area contributed by atoms with E-state index in [0.717, 1.165) is 0 Å². The Morgan fingerprint density at radius 3 is 2.67 bits per heavy atom. The van der Waals surface area contributed by atoms with Gasteiger partial charge >= 0.3 is 5.97 Å². The highest BCUT2D eigenvalue weighted by Gasteiger charge is 2.64. The quantitative estimate of drug-likeness (QED) is 0.483. The highest BCUT2D eigenvalue weighted by molar-refractivity contribution is 8.01.